The maximum atomic E-state index is 14.1. The molecule has 1 heterocycles. The van der Waals surface area contributed by atoms with E-state index in [2.05, 4.69) is 11.0 Å². The smallest absolute Gasteiger partial charge is 0.258 e. The molecule has 1 aliphatic heterocycles. The lowest BCUT2D eigenvalue weighted by Gasteiger charge is -2.34. The lowest BCUT2D eigenvalue weighted by atomic mass is 9.88. The van der Waals surface area contributed by atoms with Gasteiger partial charge in [0.15, 0.2) is 9.84 Å². The van der Waals surface area contributed by atoms with Crippen LogP contribution < -0.4 is 4.74 Å². The fourth-order valence-electron chi connectivity index (χ4n) is 6.53. The van der Waals surface area contributed by atoms with E-state index < -0.39 is 9.84 Å². The van der Waals surface area contributed by atoms with Crippen LogP contribution in [-0.4, -0.2) is 70.7 Å². The van der Waals surface area contributed by atoms with Crippen LogP contribution in [0.4, 0.5) is 0 Å². The first-order chi connectivity index (χ1) is 22.0. The van der Waals surface area contributed by atoms with Gasteiger partial charge in [0.2, 0.25) is 0 Å². The predicted octanol–water partition coefficient (Wildman–Crippen LogP) is 7.56. The van der Waals surface area contributed by atoms with Crippen molar-refractivity contribution in [2.45, 2.75) is 36.0 Å². The van der Waals surface area contributed by atoms with Crippen molar-refractivity contribution >= 4 is 49.7 Å². The van der Waals surface area contributed by atoms with E-state index in [-0.39, 0.29) is 23.5 Å². The second kappa shape index (κ2) is 14.4. The van der Waals surface area contributed by atoms with E-state index in [0.29, 0.717) is 32.6 Å². The van der Waals surface area contributed by atoms with Crippen molar-refractivity contribution in [3.63, 3.8) is 0 Å². The number of piperidine rings is 1. The number of likely N-dealkylation sites (tertiary alicyclic amines) is 1. The monoisotopic (exact) mass is 677 g/mol. The number of amides is 1. The Balaban J connectivity index is 1.35. The van der Waals surface area contributed by atoms with Gasteiger partial charge < -0.3 is 14.5 Å². The van der Waals surface area contributed by atoms with Crippen molar-refractivity contribution in [2.75, 3.05) is 46.6 Å². The van der Waals surface area contributed by atoms with E-state index in [1.54, 1.807) is 36.2 Å². The minimum atomic E-state index is -3.30. The molecule has 0 saturated carbocycles. The zero-order valence-corrected chi connectivity index (χ0v) is 28.5. The normalized spacial score (nSPS) is 15.0. The van der Waals surface area contributed by atoms with Gasteiger partial charge in [-0.25, -0.2) is 8.42 Å². The van der Waals surface area contributed by atoms with Crippen LogP contribution in [0.2, 0.25) is 10.0 Å². The molecule has 7 nitrogen and oxygen atoms in total. The lowest BCUT2D eigenvalue weighted by molar-refractivity contribution is 0.0780. The molecular formula is C36H37Cl2N3O4S. The van der Waals surface area contributed by atoms with Crippen LogP contribution in [0.5, 0.6) is 5.75 Å². The fourth-order valence-corrected chi connectivity index (χ4v) is 7.83. The second-order valence-corrected chi connectivity index (χ2v) is 14.7. The van der Waals surface area contributed by atoms with Gasteiger partial charge in [-0.3, -0.25) is 4.79 Å². The summed E-state index contributed by atoms with van der Waals surface area (Å²) in [7, 11) is -0.0602. The number of carbonyl (C=O) groups is 1. The largest absolute Gasteiger partial charge is 0.495 e. The van der Waals surface area contributed by atoms with Gasteiger partial charge in [0.25, 0.3) is 5.91 Å². The third-order valence-electron chi connectivity index (χ3n) is 8.94. The first kappa shape index (κ1) is 33.7. The van der Waals surface area contributed by atoms with Crippen LogP contribution in [0.1, 0.15) is 58.1 Å². The fraction of sp³-hybridized carbons (Fsp3) is 0.333. The number of rotatable bonds is 10. The molecule has 1 amide bonds. The third-order valence-corrected chi connectivity index (χ3v) is 10.8. The van der Waals surface area contributed by atoms with Crippen molar-refractivity contribution in [3.05, 3.63) is 105 Å². The number of nitriles is 1. The number of nitrogens with zero attached hydrogens (tertiary/aromatic N) is 3. The highest BCUT2D eigenvalue weighted by Gasteiger charge is 2.28. The van der Waals surface area contributed by atoms with E-state index in [1.165, 1.54) is 13.4 Å². The molecule has 0 aliphatic carbocycles. The molecule has 10 heteroatoms. The number of fused-ring (bicyclic) bond motifs is 1. The Morgan fingerprint density at radius 3 is 2.41 bits per heavy atom. The molecular weight excluding hydrogens is 641 g/mol. The molecule has 1 aliphatic rings. The molecule has 240 valence electrons. The molecule has 4 aromatic rings. The van der Waals surface area contributed by atoms with Crippen LogP contribution in [0.3, 0.4) is 0 Å². The Morgan fingerprint density at radius 1 is 1.04 bits per heavy atom. The number of carbonyl (C=O) groups excluding carboxylic acids is 1. The summed E-state index contributed by atoms with van der Waals surface area (Å²) in [6, 6.07) is 24.3. The Hall–Kier alpha value is -3.61. The summed E-state index contributed by atoms with van der Waals surface area (Å²) in [5, 5.41) is 12.2. The van der Waals surface area contributed by atoms with Crippen LogP contribution in [-0.2, 0) is 9.84 Å². The Labute approximate surface area is 281 Å². The average molecular weight is 679 g/mol. The Morgan fingerprint density at radius 2 is 1.74 bits per heavy atom. The molecule has 4 aromatic carbocycles. The topological polar surface area (TPSA) is 90.7 Å². The molecule has 0 aromatic heterocycles. The van der Waals surface area contributed by atoms with Crippen LogP contribution in [0, 0.1) is 11.3 Å². The minimum Gasteiger partial charge on any atom is -0.495 e. The molecule has 1 fully saturated rings. The number of ether oxygens (including phenoxy) is 1. The molecule has 0 spiro atoms. The Bertz CT molecular complexity index is 1900. The van der Waals surface area contributed by atoms with Gasteiger partial charge in [-0.05, 0) is 91.0 Å². The summed E-state index contributed by atoms with van der Waals surface area (Å²) in [5.74, 6) is 0.166. The first-order valence-electron chi connectivity index (χ1n) is 15.2. The van der Waals surface area contributed by atoms with Gasteiger partial charge in [0.1, 0.15) is 11.8 Å². The molecule has 46 heavy (non-hydrogen) atoms. The van der Waals surface area contributed by atoms with Crippen LogP contribution in [0.15, 0.2) is 77.7 Å². The van der Waals surface area contributed by atoms with E-state index in [0.717, 1.165) is 60.8 Å². The maximum absolute atomic E-state index is 14.1. The molecule has 5 rings (SSSR count). The number of hydrogen-bond donors (Lipinski definition) is 0. The van der Waals surface area contributed by atoms with Crippen LogP contribution >= 0.6 is 23.2 Å². The zero-order valence-electron chi connectivity index (χ0n) is 26.2. The summed E-state index contributed by atoms with van der Waals surface area (Å²) >= 11 is 12.7. The highest BCUT2D eigenvalue weighted by molar-refractivity contribution is 7.90. The highest BCUT2D eigenvalue weighted by Crippen LogP contribution is 2.36. The number of benzene rings is 4. The van der Waals surface area contributed by atoms with E-state index in [1.807, 2.05) is 48.5 Å². The highest BCUT2D eigenvalue weighted by atomic mass is 35.5. The number of halogens is 2. The lowest BCUT2D eigenvalue weighted by Crippen LogP contribution is -2.36. The SMILES string of the molecule is COc1c(C#N)cc2ccccc2c1C(=O)N(C)CC(CCN1CCC(c2ccccc2S(C)(=O)=O)CC1)c1ccc(Cl)c(Cl)c1. The third kappa shape index (κ3) is 7.34. The molecule has 1 saturated heterocycles. The van der Waals surface area contributed by atoms with Crippen molar-refractivity contribution in [2.24, 2.45) is 0 Å². The zero-order chi connectivity index (χ0) is 33.0. The molecule has 0 N–H and O–H groups in total. The minimum absolute atomic E-state index is 0.0520. The summed E-state index contributed by atoms with van der Waals surface area (Å²) in [5.41, 5.74) is 2.56. The van der Waals surface area contributed by atoms with Crippen molar-refractivity contribution in [1.82, 2.24) is 9.80 Å². The first-order valence-corrected chi connectivity index (χ1v) is 17.9. The van der Waals surface area contributed by atoms with E-state index in [9.17, 15) is 18.5 Å². The van der Waals surface area contributed by atoms with Crippen molar-refractivity contribution in [1.29, 1.82) is 5.26 Å². The summed E-state index contributed by atoms with van der Waals surface area (Å²) < 4.78 is 30.4. The van der Waals surface area contributed by atoms with Crippen molar-refractivity contribution in [3.8, 4) is 11.8 Å². The van der Waals surface area contributed by atoms with Crippen LogP contribution in [0.25, 0.3) is 10.8 Å². The number of sulfone groups is 1. The van der Waals surface area contributed by atoms with Gasteiger partial charge in [0.05, 0.1) is 33.2 Å². The molecule has 1 unspecified atom stereocenters. The van der Waals surface area contributed by atoms with E-state index >= 15 is 0 Å². The number of hydrogen-bond acceptors (Lipinski definition) is 6. The van der Waals surface area contributed by atoms with E-state index in [4.69, 9.17) is 27.9 Å². The van der Waals surface area contributed by atoms with Crippen molar-refractivity contribution < 1.29 is 17.9 Å². The second-order valence-electron chi connectivity index (χ2n) is 11.9. The van der Waals surface area contributed by atoms with Gasteiger partial charge in [0, 0.05) is 25.8 Å². The van der Waals surface area contributed by atoms with Gasteiger partial charge in [-0.2, -0.15) is 5.26 Å². The molecule has 0 bridgehead atoms. The standard InChI is InChI=1S/C36H37Cl2N3O4S/c1-40(36(42)34-30-10-5-4-8-26(30)20-28(22-39)35(34)45-2)23-27(25-12-13-31(37)32(38)21-25)16-19-41-17-14-24(15-18-41)29-9-6-7-11-33(29)46(3,43)44/h4-13,20-21,24,27H,14-19,23H2,1-3H3. The summed E-state index contributed by atoms with van der Waals surface area (Å²) in [6.45, 7) is 2.89. The quantitative estimate of drug-likeness (QED) is 0.172. The summed E-state index contributed by atoms with van der Waals surface area (Å²) in [6.07, 6.45) is 3.76. The summed E-state index contributed by atoms with van der Waals surface area (Å²) in [4.78, 5) is 18.6. The predicted molar refractivity (Wildman–Crippen MR) is 184 cm³/mol. The van der Waals surface area contributed by atoms with Gasteiger partial charge >= 0.3 is 0 Å². The van der Waals surface area contributed by atoms with Gasteiger partial charge in [-0.1, -0.05) is 71.7 Å². The maximum Gasteiger partial charge on any atom is 0.258 e. The molecule has 0 radical (unpaired) electrons. The number of methoxy groups -OCH3 is 1. The van der Waals surface area contributed by atoms with Gasteiger partial charge in [-0.15, -0.1) is 0 Å². The molecule has 1 atom stereocenters. The number of likely N-dealkylation sites (N-methyl/N-ethyl adjacent to an activating group) is 1. The average Bonchev–Trinajstić information content (AvgIpc) is 3.06. The Kier molecular flexibility index (Phi) is 10.6.